The van der Waals surface area contributed by atoms with Crippen LogP contribution in [0.3, 0.4) is 0 Å². The van der Waals surface area contributed by atoms with E-state index in [2.05, 4.69) is 26.5 Å². The summed E-state index contributed by atoms with van der Waals surface area (Å²) in [7, 11) is -2.59. The SMILES string of the molecule is CCCCC1CN(c2ccc(-c3cnc4[nH]cc(C(=O)c5c(F)ccc(NS(=O)(=O)N(C)CC)c5Cl)c4c3)cc2)CCN1C(=O)OC(C)(C)C. The van der Waals surface area contributed by atoms with Gasteiger partial charge in [-0.05, 0) is 63.1 Å². The van der Waals surface area contributed by atoms with Crippen molar-refractivity contribution in [3.8, 4) is 11.1 Å². The molecular formula is C36H44ClFN6O5S. The average Bonchev–Trinajstić information content (AvgIpc) is 3.51. The number of anilines is 2. The number of H-pyrrole nitrogens is 1. The van der Waals surface area contributed by atoms with Crippen LogP contribution < -0.4 is 9.62 Å². The Morgan fingerprint density at radius 1 is 1.12 bits per heavy atom. The summed E-state index contributed by atoms with van der Waals surface area (Å²) in [6.07, 6.45) is 5.79. The Hall–Kier alpha value is -4.20. The van der Waals surface area contributed by atoms with E-state index >= 15 is 4.39 Å². The predicted octanol–water partition coefficient (Wildman–Crippen LogP) is 7.48. The standard InChI is InChI=1S/C36H44ClFN6O5S/c1-7-9-10-26-22-43(17-18-44(26)35(46)49-36(3,4)5)25-13-11-23(12-14-25)24-19-27-28(21-40-34(27)39-20-24)33(45)31-29(38)15-16-30(32(31)37)41-50(47,48)42(6)8-2/h11-16,19-21,26,41H,7-10,17-18,22H2,1-6H3,(H,39,40). The molecule has 1 atom stereocenters. The number of pyridine rings is 1. The molecule has 2 aromatic carbocycles. The van der Waals surface area contributed by atoms with Crippen molar-refractivity contribution in [2.45, 2.75) is 65.5 Å². The van der Waals surface area contributed by atoms with Crippen LogP contribution in [0.5, 0.6) is 0 Å². The van der Waals surface area contributed by atoms with Crippen LogP contribution in [0.15, 0.2) is 54.9 Å². The lowest BCUT2D eigenvalue weighted by Gasteiger charge is -2.42. The molecule has 1 aliphatic heterocycles. The lowest BCUT2D eigenvalue weighted by atomic mass is 10.00. The maximum atomic E-state index is 15.1. The zero-order valence-electron chi connectivity index (χ0n) is 29.2. The van der Waals surface area contributed by atoms with Crippen molar-refractivity contribution >= 4 is 56.1 Å². The molecule has 0 spiro atoms. The molecular weight excluding hydrogens is 683 g/mol. The monoisotopic (exact) mass is 726 g/mol. The summed E-state index contributed by atoms with van der Waals surface area (Å²) >= 11 is 6.46. The molecule has 11 nitrogen and oxygen atoms in total. The molecule has 0 radical (unpaired) electrons. The van der Waals surface area contributed by atoms with E-state index in [0.717, 1.165) is 46.4 Å². The van der Waals surface area contributed by atoms with Gasteiger partial charge in [-0.2, -0.15) is 12.7 Å². The molecule has 5 rings (SSSR count). The van der Waals surface area contributed by atoms with E-state index in [1.807, 2.05) is 49.9 Å². The van der Waals surface area contributed by atoms with E-state index in [-0.39, 0.29) is 35.0 Å². The van der Waals surface area contributed by atoms with Gasteiger partial charge in [-0.3, -0.25) is 9.52 Å². The van der Waals surface area contributed by atoms with E-state index in [4.69, 9.17) is 16.3 Å². The van der Waals surface area contributed by atoms with Crippen LogP contribution in [-0.2, 0) is 14.9 Å². The maximum absolute atomic E-state index is 15.1. The lowest BCUT2D eigenvalue weighted by molar-refractivity contribution is 0.0129. The molecule has 1 aliphatic rings. The van der Waals surface area contributed by atoms with Crippen molar-refractivity contribution in [2.75, 3.05) is 42.8 Å². The van der Waals surface area contributed by atoms with Crippen molar-refractivity contribution in [1.82, 2.24) is 19.2 Å². The van der Waals surface area contributed by atoms with Crippen molar-refractivity contribution in [1.29, 1.82) is 0 Å². The molecule has 1 unspecified atom stereocenters. The van der Waals surface area contributed by atoms with Gasteiger partial charge in [0.15, 0.2) is 5.78 Å². The molecule has 3 heterocycles. The van der Waals surface area contributed by atoms with E-state index in [0.29, 0.717) is 30.7 Å². The smallest absolute Gasteiger partial charge is 0.410 e. The lowest BCUT2D eigenvalue weighted by Crippen LogP contribution is -2.56. The Morgan fingerprint density at radius 2 is 1.84 bits per heavy atom. The normalized spacial score (nSPS) is 15.5. The Labute approximate surface area is 297 Å². The number of amides is 1. The largest absolute Gasteiger partial charge is 0.444 e. The van der Waals surface area contributed by atoms with Gasteiger partial charge in [0.2, 0.25) is 0 Å². The van der Waals surface area contributed by atoms with Crippen LogP contribution >= 0.6 is 11.6 Å². The van der Waals surface area contributed by atoms with Crippen LogP contribution in [0.1, 0.15) is 69.8 Å². The second-order valence-corrected chi connectivity index (χ2v) is 15.6. The van der Waals surface area contributed by atoms with E-state index in [1.54, 1.807) is 19.2 Å². The Balaban J connectivity index is 1.38. The van der Waals surface area contributed by atoms with Gasteiger partial charge in [0.1, 0.15) is 17.1 Å². The summed E-state index contributed by atoms with van der Waals surface area (Å²) in [6, 6.07) is 12.0. The number of carbonyl (C=O) groups excluding carboxylic acids is 2. The van der Waals surface area contributed by atoms with Crippen LogP contribution in [0, 0.1) is 5.82 Å². The number of carbonyl (C=O) groups is 2. The fourth-order valence-corrected chi connectivity index (χ4v) is 7.20. The Kier molecular flexibility index (Phi) is 11.1. The third-order valence-corrected chi connectivity index (χ3v) is 10.7. The fraction of sp³-hybridized carbons (Fsp3) is 0.417. The van der Waals surface area contributed by atoms with Crippen molar-refractivity contribution in [3.05, 3.63) is 76.8 Å². The first kappa shape index (κ1) is 37.1. The molecule has 50 heavy (non-hydrogen) atoms. The molecule has 268 valence electrons. The van der Waals surface area contributed by atoms with E-state index < -0.39 is 33.0 Å². The molecule has 1 amide bonds. The number of benzene rings is 2. The number of ether oxygens (including phenoxy) is 1. The Bertz CT molecular complexity index is 1980. The predicted molar refractivity (Wildman–Crippen MR) is 196 cm³/mol. The number of fused-ring (bicyclic) bond motifs is 1. The molecule has 0 aliphatic carbocycles. The van der Waals surface area contributed by atoms with Gasteiger partial charge < -0.3 is 19.5 Å². The number of unbranched alkanes of at least 4 members (excludes halogenated alkanes) is 1. The summed E-state index contributed by atoms with van der Waals surface area (Å²) in [5, 5.41) is 0.113. The van der Waals surface area contributed by atoms with Gasteiger partial charge >= 0.3 is 16.3 Å². The number of nitrogens with one attached hydrogen (secondary N) is 2. The average molecular weight is 727 g/mol. The van der Waals surface area contributed by atoms with Crippen LogP contribution in [0.4, 0.5) is 20.6 Å². The summed E-state index contributed by atoms with van der Waals surface area (Å²) in [6.45, 7) is 11.5. The van der Waals surface area contributed by atoms with Crippen LogP contribution in [0.25, 0.3) is 22.2 Å². The number of hydrogen-bond donors (Lipinski definition) is 2. The van der Waals surface area contributed by atoms with Crippen LogP contribution in [-0.4, -0.2) is 84.3 Å². The first-order valence-electron chi connectivity index (χ1n) is 16.7. The number of nitrogens with zero attached hydrogens (tertiary/aromatic N) is 4. The summed E-state index contributed by atoms with van der Waals surface area (Å²) < 4.78 is 49.4. The number of ketones is 1. The van der Waals surface area contributed by atoms with Crippen molar-refractivity contribution in [3.63, 3.8) is 0 Å². The van der Waals surface area contributed by atoms with Gasteiger partial charge in [-0.1, -0.05) is 50.4 Å². The van der Waals surface area contributed by atoms with Crippen molar-refractivity contribution in [2.24, 2.45) is 0 Å². The minimum atomic E-state index is -3.97. The number of halogens is 2. The number of aromatic amines is 1. The summed E-state index contributed by atoms with van der Waals surface area (Å²) in [5.41, 5.74) is 2.06. The molecule has 4 aromatic rings. The highest BCUT2D eigenvalue weighted by Gasteiger charge is 2.33. The zero-order valence-corrected chi connectivity index (χ0v) is 30.8. The number of piperazine rings is 1. The topological polar surface area (TPSA) is 128 Å². The number of hydrogen-bond acceptors (Lipinski definition) is 7. The van der Waals surface area contributed by atoms with E-state index in [1.165, 1.54) is 19.3 Å². The molecule has 1 saturated heterocycles. The maximum Gasteiger partial charge on any atom is 0.410 e. The second kappa shape index (κ2) is 15.0. The first-order valence-corrected chi connectivity index (χ1v) is 18.5. The highest BCUT2D eigenvalue weighted by Crippen LogP contribution is 2.34. The highest BCUT2D eigenvalue weighted by molar-refractivity contribution is 7.90. The second-order valence-electron chi connectivity index (χ2n) is 13.4. The zero-order chi connectivity index (χ0) is 36.4. The number of aromatic nitrogens is 2. The fourth-order valence-electron chi connectivity index (χ4n) is 5.91. The third kappa shape index (κ3) is 8.06. The summed E-state index contributed by atoms with van der Waals surface area (Å²) in [4.78, 5) is 38.4. The molecule has 14 heteroatoms. The quantitative estimate of drug-likeness (QED) is 0.154. The third-order valence-electron chi connectivity index (χ3n) is 8.76. The Morgan fingerprint density at radius 3 is 2.50 bits per heavy atom. The minimum Gasteiger partial charge on any atom is -0.444 e. The van der Waals surface area contributed by atoms with Gasteiger partial charge in [0.05, 0.1) is 22.3 Å². The van der Waals surface area contributed by atoms with Gasteiger partial charge in [-0.25, -0.2) is 14.2 Å². The molecule has 2 N–H and O–H groups in total. The molecule has 0 bridgehead atoms. The first-order chi connectivity index (χ1) is 23.6. The molecule has 1 fully saturated rings. The minimum absolute atomic E-state index is 0.0336. The molecule has 0 saturated carbocycles. The van der Waals surface area contributed by atoms with E-state index in [9.17, 15) is 18.0 Å². The molecule has 2 aromatic heterocycles. The van der Waals surface area contributed by atoms with Gasteiger partial charge in [0.25, 0.3) is 0 Å². The van der Waals surface area contributed by atoms with Crippen LogP contribution in [0.2, 0.25) is 5.02 Å². The van der Waals surface area contributed by atoms with Gasteiger partial charge in [-0.15, -0.1) is 0 Å². The highest BCUT2D eigenvalue weighted by atomic mass is 35.5. The summed E-state index contributed by atoms with van der Waals surface area (Å²) in [5.74, 6) is -1.61. The number of rotatable bonds is 11. The van der Waals surface area contributed by atoms with Gasteiger partial charge in [0, 0.05) is 67.8 Å². The van der Waals surface area contributed by atoms with Crippen molar-refractivity contribution < 1.29 is 27.1 Å².